The molecular formula is C70H72B2N4. The highest BCUT2D eigenvalue weighted by atomic mass is 15.2. The summed E-state index contributed by atoms with van der Waals surface area (Å²) in [6.07, 6.45) is 1.70. The summed E-state index contributed by atoms with van der Waals surface area (Å²) in [6, 6.07) is 66.2. The van der Waals surface area contributed by atoms with Crippen molar-refractivity contribution in [1.82, 2.24) is 9.97 Å². The van der Waals surface area contributed by atoms with E-state index in [1.807, 2.05) is 0 Å². The Balaban J connectivity index is 0.916. The van der Waals surface area contributed by atoms with Gasteiger partial charge in [-0.25, -0.2) is 9.97 Å². The summed E-state index contributed by atoms with van der Waals surface area (Å²) in [7, 11) is 0. The molecular weight excluding hydrogens is 918 g/mol. The second kappa shape index (κ2) is 20.6. The Kier molecular flexibility index (Phi) is 13.7. The maximum atomic E-state index is 4.84. The van der Waals surface area contributed by atoms with Crippen LogP contribution in [-0.2, 0) is 0 Å². The van der Waals surface area contributed by atoms with E-state index in [1.165, 1.54) is 88.9 Å². The third-order valence-electron chi connectivity index (χ3n) is 16.4. The van der Waals surface area contributed by atoms with E-state index in [4.69, 9.17) is 9.97 Å². The van der Waals surface area contributed by atoms with Gasteiger partial charge in [0.2, 0.25) is 13.4 Å². The van der Waals surface area contributed by atoms with Crippen LogP contribution in [0.4, 0.5) is 34.1 Å². The summed E-state index contributed by atoms with van der Waals surface area (Å²) >= 11 is 0. The zero-order valence-corrected chi connectivity index (χ0v) is 46.7. The van der Waals surface area contributed by atoms with Crippen molar-refractivity contribution in [3.05, 3.63) is 216 Å². The lowest BCUT2D eigenvalue weighted by molar-refractivity contribution is 0.812. The number of anilines is 6. The minimum absolute atomic E-state index is 0.112. The minimum Gasteiger partial charge on any atom is -0.312 e. The Hall–Kier alpha value is -7.43. The summed E-state index contributed by atoms with van der Waals surface area (Å²) in [4.78, 5) is 14.6. The number of fused-ring (bicyclic) bond motifs is 4. The molecule has 76 heavy (non-hydrogen) atoms. The van der Waals surface area contributed by atoms with Gasteiger partial charge in [0.15, 0.2) is 0 Å². The first kappa shape index (κ1) is 50.7. The minimum atomic E-state index is 0.112. The van der Waals surface area contributed by atoms with E-state index in [0.717, 1.165) is 33.9 Å². The van der Waals surface area contributed by atoms with Crippen molar-refractivity contribution in [2.75, 3.05) is 9.80 Å². The molecule has 0 amide bonds. The molecule has 1 aromatic heterocycles. The highest BCUT2D eigenvalue weighted by molar-refractivity contribution is 6.99. The van der Waals surface area contributed by atoms with Crippen LogP contribution in [0.1, 0.15) is 152 Å². The van der Waals surface area contributed by atoms with Crippen molar-refractivity contribution in [2.24, 2.45) is 0 Å². The van der Waals surface area contributed by atoms with Crippen LogP contribution >= 0.6 is 0 Å². The van der Waals surface area contributed by atoms with E-state index in [2.05, 4.69) is 269 Å². The number of rotatable bonds is 12. The zero-order valence-electron chi connectivity index (χ0n) is 46.7. The molecule has 0 N–H and O–H groups in total. The number of aromatic nitrogens is 2. The molecule has 0 spiro atoms. The fraction of sp³-hybridized carbons (Fsp3) is 0.257. The molecule has 2 aliphatic rings. The molecule has 9 aromatic rings. The van der Waals surface area contributed by atoms with E-state index in [-0.39, 0.29) is 13.4 Å². The van der Waals surface area contributed by atoms with Gasteiger partial charge in [0.1, 0.15) is 6.33 Å². The van der Waals surface area contributed by atoms with Crippen LogP contribution in [0.2, 0.25) is 0 Å². The monoisotopic (exact) mass is 991 g/mol. The second-order valence-corrected chi connectivity index (χ2v) is 23.3. The Labute approximate surface area is 454 Å². The third-order valence-corrected chi connectivity index (χ3v) is 16.4. The lowest BCUT2D eigenvalue weighted by Gasteiger charge is -2.38. The number of para-hydroxylation sites is 4. The first-order valence-corrected chi connectivity index (χ1v) is 28.0. The van der Waals surface area contributed by atoms with Gasteiger partial charge in [0.25, 0.3) is 0 Å². The van der Waals surface area contributed by atoms with Crippen molar-refractivity contribution < 1.29 is 0 Å². The smallest absolute Gasteiger partial charge is 0.247 e. The van der Waals surface area contributed by atoms with Gasteiger partial charge in [0, 0.05) is 45.3 Å². The van der Waals surface area contributed by atoms with Crippen LogP contribution in [0, 0.1) is 0 Å². The third kappa shape index (κ3) is 8.98. The van der Waals surface area contributed by atoms with Crippen molar-refractivity contribution in [3.8, 4) is 22.5 Å². The van der Waals surface area contributed by atoms with E-state index in [0.29, 0.717) is 35.5 Å². The SMILES string of the molecule is CC(C)c1cc(C(C)C)c(B2c3ccccc3N(c3ccc(-c4cc(-c5ccc(N6c7ccccc7B(c7c(C(C)C)cc(C(C)C)cc7C(C)C)c7ccccc76)cc5)ncn4)cc3)c3ccccc32)c(C(C)C)c1. The lowest BCUT2D eigenvalue weighted by Crippen LogP contribution is -2.59. The lowest BCUT2D eigenvalue weighted by atomic mass is 9.33. The van der Waals surface area contributed by atoms with Crippen molar-refractivity contribution in [2.45, 2.75) is 119 Å². The van der Waals surface area contributed by atoms with Crippen molar-refractivity contribution in [1.29, 1.82) is 0 Å². The van der Waals surface area contributed by atoms with Crippen molar-refractivity contribution >= 4 is 80.3 Å². The number of hydrogen-bond donors (Lipinski definition) is 0. The predicted molar refractivity (Wildman–Crippen MR) is 329 cm³/mol. The molecule has 6 heteroatoms. The van der Waals surface area contributed by atoms with Gasteiger partial charge in [-0.3, -0.25) is 0 Å². The molecule has 0 bridgehead atoms. The number of nitrogens with zero attached hydrogens (tertiary/aromatic N) is 4. The van der Waals surface area contributed by atoms with Crippen LogP contribution in [-0.4, -0.2) is 23.4 Å². The molecule has 0 unspecified atom stereocenters. The van der Waals surface area contributed by atoms with Gasteiger partial charge in [-0.1, -0.05) is 215 Å². The molecule has 0 aliphatic carbocycles. The average Bonchev–Trinajstić information content (AvgIpc) is 3.45. The van der Waals surface area contributed by atoms with Gasteiger partial charge < -0.3 is 9.80 Å². The van der Waals surface area contributed by atoms with Gasteiger partial charge in [-0.05, 0) is 145 Å². The molecule has 8 aromatic carbocycles. The van der Waals surface area contributed by atoms with Crippen LogP contribution < -0.4 is 42.6 Å². The van der Waals surface area contributed by atoms with E-state index in [1.54, 1.807) is 6.33 Å². The maximum absolute atomic E-state index is 4.84. The summed E-state index contributed by atoms with van der Waals surface area (Å²) in [6.45, 7) is 28.4. The quantitative estimate of drug-likeness (QED) is 0.114. The largest absolute Gasteiger partial charge is 0.312 e. The molecule has 0 radical (unpaired) electrons. The molecule has 3 heterocycles. The topological polar surface area (TPSA) is 32.3 Å². The van der Waals surface area contributed by atoms with E-state index >= 15 is 0 Å². The van der Waals surface area contributed by atoms with Crippen LogP contribution in [0.15, 0.2) is 182 Å². The van der Waals surface area contributed by atoms with Crippen LogP contribution in [0.5, 0.6) is 0 Å². The predicted octanol–water partition coefficient (Wildman–Crippen LogP) is 15.1. The first-order chi connectivity index (χ1) is 36.7. The van der Waals surface area contributed by atoms with Crippen LogP contribution in [0.25, 0.3) is 22.5 Å². The molecule has 0 fully saturated rings. The molecule has 4 nitrogen and oxygen atoms in total. The average molecular weight is 991 g/mol. The van der Waals surface area contributed by atoms with Gasteiger partial charge in [0.05, 0.1) is 11.4 Å². The Morgan fingerprint density at radius 2 is 0.592 bits per heavy atom. The summed E-state index contributed by atoms with van der Waals surface area (Å²) < 4.78 is 0. The molecule has 0 saturated carbocycles. The van der Waals surface area contributed by atoms with E-state index in [9.17, 15) is 0 Å². The molecule has 11 rings (SSSR count). The highest BCUT2D eigenvalue weighted by Crippen LogP contribution is 2.41. The summed E-state index contributed by atoms with van der Waals surface area (Å²) in [5, 5.41) is 0. The first-order valence-electron chi connectivity index (χ1n) is 28.0. The second-order valence-electron chi connectivity index (χ2n) is 23.3. The number of hydrogen-bond acceptors (Lipinski definition) is 4. The standard InChI is InChI=1S/C70H72B2N4/c1-43(2)51-37-55(45(5)6)69(56(38-51)46(7)8)71-59-21-13-17-25-65(59)75(66-26-18-14-22-60(66)71)53-33-29-49(30-34-53)63-41-64(74-42-73-63)50-31-35-54(36-32-50)76-67-27-19-15-23-61(67)72(62-24-16-20-28-68(62)76)70-57(47(9)10)39-52(44(3)4)40-58(70)48(11)12/h13-48H,1-12H3. The number of benzene rings is 8. The normalized spacial score (nSPS) is 13.1. The fourth-order valence-electron chi connectivity index (χ4n) is 12.4. The zero-order chi connectivity index (χ0) is 53.1. The van der Waals surface area contributed by atoms with Crippen molar-refractivity contribution in [3.63, 3.8) is 0 Å². The molecule has 0 saturated heterocycles. The fourth-order valence-corrected chi connectivity index (χ4v) is 12.4. The van der Waals surface area contributed by atoms with Gasteiger partial charge >= 0.3 is 0 Å². The Morgan fingerprint density at radius 3 is 0.855 bits per heavy atom. The highest BCUT2D eigenvalue weighted by Gasteiger charge is 2.40. The van der Waals surface area contributed by atoms with Gasteiger partial charge in [-0.2, -0.15) is 0 Å². The Bertz CT molecular complexity index is 3200. The summed E-state index contributed by atoms with van der Waals surface area (Å²) in [5.41, 5.74) is 27.9. The molecule has 2 aliphatic heterocycles. The maximum Gasteiger partial charge on any atom is 0.247 e. The Morgan fingerprint density at radius 1 is 0.316 bits per heavy atom. The summed E-state index contributed by atoms with van der Waals surface area (Å²) in [5.74, 6) is 2.47. The molecule has 0 atom stereocenters. The van der Waals surface area contributed by atoms with E-state index < -0.39 is 0 Å². The molecule has 378 valence electrons. The van der Waals surface area contributed by atoms with Gasteiger partial charge in [-0.15, -0.1) is 0 Å². The van der Waals surface area contributed by atoms with Crippen LogP contribution in [0.3, 0.4) is 0 Å².